The van der Waals surface area contributed by atoms with Crippen LogP contribution in [0.5, 0.6) is 5.75 Å². The maximum Gasteiger partial charge on any atom is 0.234 e. The Kier molecular flexibility index (Phi) is 5.34. The minimum absolute atomic E-state index is 0.0740. The lowest BCUT2D eigenvalue weighted by Gasteiger charge is -2.03. The predicted molar refractivity (Wildman–Crippen MR) is 96.9 cm³/mol. The molecule has 0 spiro atoms. The molecule has 0 bridgehead atoms. The molecule has 3 aromatic rings. The number of nitrogens with zero attached hydrogens (tertiary/aromatic N) is 2. The zero-order valence-corrected chi connectivity index (χ0v) is 15.1. The molecule has 25 heavy (non-hydrogen) atoms. The summed E-state index contributed by atoms with van der Waals surface area (Å²) in [5.74, 6) is -0.0473. The highest BCUT2D eigenvalue weighted by atomic mass is 79.9. The molecule has 0 radical (unpaired) electrons. The van der Waals surface area contributed by atoms with E-state index in [0.29, 0.717) is 22.2 Å². The molecule has 0 aliphatic carbocycles. The fourth-order valence-corrected chi connectivity index (χ4v) is 2.95. The first-order valence-corrected chi connectivity index (χ1v) is 8.88. The molecule has 9 heteroatoms. The molecule has 2 aromatic carbocycles. The van der Waals surface area contributed by atoms with Crippen molar-refractivity contribution in [3.05, 3.63) is 52.8 Å². The van der Waals surface area contributed by atoms with Crippen LogP contribution in [0.2, 0.25) is 0 Å². The van der Waals surface area contributed by atoms with Crippen LogP contribution in [-0.4, -0.2) is 31.9 Å². The number of hydrogen-bond acceptors (Lipinski definition) is 5. The van der Waals surface area contributed by atoms with Gasteiger partial charge in [0.15, 0.2) is 5.82 Å². The van der Waals surface area contributed by atoms with Gasteiger partial charge in [-0.2, -0.15) is 0 Å². The molecule has 0 fully saturated rings. The number of hydrogen-bond donors (Lipinski definition) is 3. The highest BCUT2D eigenvalue weighted by molar-refractivity contribution is 9.10. The summed E-state index contributed by atoms with van der Waals surface area (Å²) in [6, 6.07) is 10.5. The van der Waals surface area contributed by atoms with Crippen molar-refractivity contribution in [2.45, 2.75) is 5.16 Å². The van der Waals surface area contributed by atoms with Gasteiger partial charge in [0, 0.05) is 10.2 Å². The van der Waals surface area contributed by atoms with Crippen molar-refractivity contribution in [2.24, 2.45) is 0 Å². The second-order valence-corrected chi connectivity index (χ2v) is 6.83. The number of phenols is 1. The summed E-state index contributed by atoms with van der Waals surface area (Å²) < 4.78 is 13.6. The monoisotopic (exact) mass is 422 g/mol. The molecule has 0 unspecified atom stereocenters. The van der Waals surface area contributed by atoms with Crippen molar-refractivity contribution in [2.75, 3.05) is 11.1 Å². The van der Waals surface area contributed by atoms with Gasteiger partial charge in [-0.1, -0.05) is 27.7 Å². The van der Waals surface area contributed by atoms with Gasteiger partial charge in [-0.05, 0) is 42.5 Å². The number of thioether (sulfide) groups is 1. The van der Waals surface area contributed by atoms with Crippen molar-refractivity contribution in [1.82, 2.24) is 15.2 Å². The Morgan fingerprint density at radius 3 is 2.80 bits per heavy atom. The number of aromatic hydroxyl groups is 1. The SMILES string of the molecule is O=C(CSc1n[nH]c(-c2cc(Br)ccc2O)n1)Nc1ccc(F)cc1. The molecule has 0 saturated carbocycles. The van der Waals surface area contributed by atoms with Gasteiger partial charge in [0.05, 0.1) is 11.3 Å². The number of aromatic amines is 1. The normalized spacial score (nSPS) is 10.6. The summed E-state index contributed by atoms with van der Waals surface area (Å²) in [7, 11) is 0. The molecule has 6 nitrogen and oxygen atoms in total. The molecule has 128 valence electrons. The average Bonchev–Trinajstić information content (AvgIpc) is 3.06. The summed E-state index contributed by atoms with van der Waals surface area (Å²) >= 11 is 4.47. The molecular weight excluding hydrogens is 411 g/mol. The Hall–Kier alpha value is -2.39. The number of amides is 1. The number of benzene rings is 2. The average molecular weight is 423 g/mol. The Morgan fingerprint density at radius 2 is 2.04 bits per heavy atom. The summed E-state index contributed by atoms with van der Waals surface area (Å²) in [6.45, 7) is 0. The molecular formula is C16H12BrFN4O2S. The fourth-order valence-electron chi connectivity index (χ4n) is 1.99. The van der Waals surface area contributed by atoms with E-state index in [0.717, 1.165) is 16.2 Å². The van der Waals surface area contributed by atoms with Crippen molar-refractivity contribution >= 4 is 39.3 Å². The van der Waals surface area contributed by atoms with Crippen LogP contribution in [0, 0.1) is 5.82 Å². The standard InChI is InChI=1S/C16H12BrFN4O2S/c17-9-1-6-13(23)12(7-9)15-20-16(22-21-15)25-8-14(24)19-11-4-2-10(18)3-5-11/h1-7,23H,8H2,(H,19,24)(H,20,21,22). The zero-order chi connectivity index (χ0) is 17.8. The van der Waals surface area contributed by atoms with Crippen LogP contribution in [0.15, 0.2) is 52.1 Å². The quantitative estimate of drug-likeness (QED) is 0.543. The van der Waals surface area contributed by atoms with Crippen LogP contribution in [0.1, 0.15) is 0 Å². The van der Waals surface area contributed by atoms with Crippen LogP contribution in [0.25, 0.3) is 11.4 Å². The second kappa shape index (κ2) is 7.66. The van der Waals surface area contributed by atoms with Gasteiger partial charge >= 0.3 is 0 Å². The van der Waals surface area contributed by atoms with E-state index < -0.39 is 0 Å². The summed E-state index contributed by atoms with van der Waals surface area (Å²) in [4.78, 5) is 16.2. The third-order valence-corrected chi connectivity index (χ3v) is 4.48. The maximum absolute atomic E-state index is 12.8. The largest absolute Gasteiger partial charge is 0.507 e. The lowest BCUT2D eigenvalue weighted by Crippen LogP contribution is -2.14. The number of phenolic OH excluding ortho intramolecular Hbond substituents is 1. The topological polar surface area (TPSA) is 90.9 Å². The van der Waals surface area contributed by atoms with E-state index in [9.17, 15) is 14.3 Å². The van der Waals surface area contributed by atoms with E-state index in [1.165, 1.54) is 24.3 Å². The number of carbonyl (C=O) groups is 1. The van der Waals surface area contributed by atoms with E-state index >= 15 is 0 Å². The number of carbonyl (C=O) groups excluding carboxylic acids is 1. The lowest BCUT2D eigenvalue weighted by atomic mass is 10.2. The van der Waals surface area contributed by atoms with Crippen molar-refractivity contribution in [3.63, 3.8) is 0 Å². The Morgan fingerprint density at radius 1 is 1.28 bits per heavy atom. The molecule has 0 atom stereocenters. The molecule has 1 amide bonds. The number of halogens is 2. The van der Waals surface area contributed by atoms with Crippen LogP contribution < -0.4 is 5.32 Å². The van der Waals surface area contributed by atoms with E-state index in [1.807, 2.05) is 0 Å². The predicted octanol–water partition coefficient (Wildman–Crippen LogP) is 3.81. The van der Waals surface area contributed by atoms with Crippen molar-refractivity contribution < 1.29 is 14.3 Å². The molecule has 0 saturated heterocycles. The molecule has 1 aromatic heterocycles. The summed E-state index contributed by atoms with van der Waals surface area (Å²) in [6.07, 6.45) is 0. The second-order valence-electron chi connectivity index (χ2n) is 4.97. The van der Waals surface area contributed by atoms with Gasteiger partial charge < -0.3 is 10.4 Å². The highest BCUT2D eigenvalue weighted by Crippen LogP contribution is 2.30. The molecule has 1 heterocycles. The molecule has 0 aliphatic heterocycles. The number of rotatable bonds is 5. The molecule has 3 rings (SSSR count). The third-order valence-electron chi connectivity index (χ3n) is 3.14. The zero-order valence-electron chi connectivity index (χ0n) is 12.7. The number of nitrogens with one attached hydrogen (secondary N) is 2. The van der Waals surface area contributed by atoms with Gasteiger partial charge in [-0.3, -0.25) is 9.89 Å². The maximum atomic E-state index is 12.8. The number of aromatic nitrogens is 3. The third kappa shape index (κ3) is 4.58. The van der Waals surface area contributed by atoms with Crippen LogP contribution in [0.3, 0.4) is 0 Å². The molecule has 3 N–H and O–H groups in total. The summed E-state index contributed by atoms with van der Waals surface area (Å²) in [5.41, 5.74) is 1.02. The van der Waals surface area contributed by atoms with Gasteiger partial charge in [-0.15, -0.1) is 5.10 Å². The van der Waals surface area contributed by atoms with E-state index in [4.69, 9.17) is 0 Å². The highest BCUT2D eigenvalue weighted by Gasteiger charge is 2.12. The van der Waals surface area contributed by atoms with Crippen molar-refractivity contribution in [3.8, 4) is 17.1 Å². The van der Waals surface area contributed by atoms with Crippen LogP contribution in [-0.2, 0) is 4.79 Å². The van der Waals surface area contributed by atoms with Gasteiger partial charge in [0.2, 0.25) is 11.1 Å². The van der Waals surface area contributed by atoms with Crippen molar-refractivity contribution in [1.29, 1.82) is 0 Å². The van der Waals surface area contributed by atoms with E-state index in [2.05, 4.69) is 36.4 Å². The minimum atomic E-state index is -0.364. The summed E-state index contributed by atoms with van der Waals surface area (Å²) in [5, 5.41) is 19.7. The number of anilines is 1. The van der Waals surface area contributed by atoms with Crippen LogP contribution >= 0.6 is 27.7 Å². The Balaban J connectivity index is 1.61. The first-order chi connectivity index (χ1) is 12.0. The fraction of sp³-hybridized carbons (Fsp3) is 0.0625. The first-order valence-electron chi connectivity index (χ1n) is 7.11. The number of H-pyrrole nitrogens is 1. The van der Waals surface area contributed by atoms with E-state index in [-0.39, 0.29) is 23.2 Å². The smallest absolute Gasteiger partial charge is 0.234 e. The van der Waals surface area contributed by atoms with Gasteiger partial charge in [0.1, 0.15) is 11.6 Å². The van der Waals surface area contributed by atoms with Gasteiger partial charge in [0.25, 0.3) is 0 Å². The minimum Gasteiger partial charge on any atom is -0.507 e. The first kappa shape index (κ1) is 17.4. The van der Waals surface area contributed by atoms with Crippen LogP contribution in [0.4, 0.5) is 10.1 Å². The van der Waals surface area contributed by atoms with Gasteiger partial charge in [-0.25, -0.2) is 9.37 Å². The Bertz CT molecular complexity index is 901. The Labute approximate surface area is 155 Å². The van der Waals surface area contributed by atoms with E-state index in [1.54, 1.807) is 18.2 Å². The lowest BCUT2D eigenvalue weighted by molar-refractivity contribution is -0.113. The molecule has 0 aliphatic rings.